The molecular formula is C7H9BrN2O2. The Kier molecular flexibility index (Phi) is 2.43. The maximum atomic E-state index is 5.27. The molecule has 0 bridgehead atoms. The van der Waals surface area contributed by atoms with Crippen LogP contribution in [0.4, 0.5) is 0 Å². The molecule has 0 N–H and O–H groups in total. The largest absolute Gasteiger partial charge is 0.348 e. The van der Waals surface area contributed by atoms with Crippen molar-refractivity contribution in [3.63, 3.8) is 0 Å². The van der Waals surface area contributed by atoms with Gasteiger partial charge in [0, 0.05) is 6.20 Å². The fourth-order valence-electron chi connectivity index (χ4n) is 1.10. The SMILES string of the molecule is Brc1cnn(CC2OCCO2)c1. The van der Waals surface area contributed by atoms with Gasteiger partial charge in [-0.1, -0.05) is 0 Å². The van der Waals surface area contributed by atoms with Crippen molar-refractivity contribution in [3.05, 3.63) is 16.9 Å². The third-order valence-electron chi connectivity index (χ3n) is 1.63. The molecule has 0 atom stereocenters. The molecule has 1 saturated heterocycles. The molecule has 66 valence electrons. The fourth-order valence-corrected chi connectivity index (χ4v) is 1.43. The molecule has 1 aliphatic heterocycles. The van der Waals surface area contributed by atoms with Crippen LogP contribution in [0.1, 0.15) is 0 Å². The first-order valence-electron chi connectivity index (χ1n) is 3.76. The summed E-state index contributed by atoms with van der Waals surface area (Å²) in [6.07, 6.45) is 3.51. The summed E-state index contributed by atoms with van der Waals surface area (Å²) in [5, 5.41) is 4.09. The van der Waals surface area contributed by atoms with E-state index in [0.717, 1.165) is 4.47 Å². The Morgan fingerprint density at radius 1 is 1.58 bits per heavy atom. The van der Waals surface area contributed by atoms with Crippen LogP contribution in [0.5, 0.6) is 0 Å². The minimum absolute atomic E-state index is 0.128. The van der Waals surface area contributed by atoms with Crippen LogP contribution in [-0.2, 0) is 16.0 Å². The predicted molar refractivity (Wildman–Crippen MR) is 45.6 cm³/mol. The van der Waals surface area contributed by atoms with Crippen LogP contribution in [0.15, 0.2) is 16.9 Å². The molecule has 1 aromatic rings. The van der Waals surface area contributed by atoms with E-state index >= 15 is 0 Å². The maximum absolute atomic E-state index is 5.27. The van der Waals surface area contributed by atoms with Crippen molar-refractivity contribution in [2.45, 2.75) is 12.8 Å². The van der Waals surface area contributed by atoms with Gasteiger partial charge in [-0.15, -0.1) is 0 Å². The van der Waals surface area contributed by atoms with Crippen LogP contribution < -0.4 is 0 Å². The maximum Gasteiger partial charge on any atom is 0.177 e. The molecule has 1 aromatic heterocycles. The summed E-state index contributed by atoms with van der Waals surface area (Å²) in [5.41, 5.74) is 0. The van der Waals surface area contributed by atoms with Crippen LogP contribution in [0.25, 0.3) is 0 Å². The molecule has 1 aliphatic rings. The van der Waals surface area contributed by atoms with Crippen molar-refractivity contribution in [2.75, 3.05) is 13.2 Å². The van der Waals surface area contributed by atoms with Gasteiger partial charge in [0.05, 0.1) is 30.4 Å². The molecule has 5 heteroatoms. The second-order valence-electron chi connectivity index (χ2n) is 2.55. The number of halogens is 1. The molecule has 1 fully saturated rings. The van der Waals surface area contributed by atoms with E-state index in [9.17, 15) is 0 Å². The number of nitrogens with zero attached hydrogens (tertiary/aromatic N) is 2. The summed E-state index contributed by atoms with van der Waals surface area (Å²) in [4.78, 5) is 0. The van der Waals surface area contributed by atoms with Gasteiger partial charge in [-0.3, -0.25) is 4.68 Å². The zero-order valence-electron chi connectivity index (χ0n) is 6.44. The molecule has 0 aliphatic carbocycles. The standard InChI is InChI=1S/C7H9BrN2O2/c8-6-3-9-10(4-6)5-7-11-1-2-12-7/h3-4,7H,1-2,5H2. The minimum atomic E-state index is -0.128. The highest BCUT2D eigenvalue weighted by molar-refractivity contribution is 9.10. The molecule has 0 saturated carbocycles. The zero-order valence-corrected chi connectivity index (χ0v) is 8.03. The molecule has 4 nitrogen and oxygen atoms in total. The van der Waals surface area contributed by atoms with Crippen molar-refractivity contribution < 1.29 is 9.47 Å². The first-order chi connectivity index (χ1) is 5.84. The second kappa shape index (κ2) is 3.55. The number of hydrogen-bond donors (Lipinski definition) is 0. The number of ether oxygens (including phenoxy) is 2. The van der Waals surface area contributed by atoms with E-state index in [2.05, 4.69) is 21.0 Å². The second-order valence-corrected chi connectivity index (χ2v) is 3.47. The van der Waals surface area contributed by atoms with Crippen LogP contribution in [0, 0.1) is 0 Å². The third-order valence-corrected chi connectivity index (χ3v) is 2.04. The third kappa shape index (κ3) is 1.85. The summed E-state index contributed by atoms with van der Waals surface area (Å²) in [6.45, 7) is 2.03. The lowest BCUT2D eigenvalue weighted by atomic mass is 10.6. The van der Waals surface area contributed by atoms with E-state index in [-0.39, 0.29) is 6.29 Å². The summed E-state index contributed by atoms with van der Waals surface area (Å²) >= 11 is 3.32. The molecule has 0 spiro atoms. The van der Waals surface area contributed by atoms with Gasteiger partial charge in [-0.2, -0.15) is 5.10 Å². The van der Waals surface area contributed by atoms with Crippen molar-refractivity contribution in [3.8, 4) is 0 Å². The Hall–Kier alpha value is -0.390. The van der Waals surface area contributed by atoms with Crippen LogP contribution >= 0.6 is 15.9 Å². The molecule has 0 amide bonds. The average molecular weight is 233 g/mol. The Labute approximate surface area is 78.6 Å². The first kappa shape index (κ1) is 8.22. The Bertz CT molecular complexity index is 258. The van der Waals surface area contributed by atoms with Gasteiger partial charge in [0.1, 0.15) is 0 Å². The van der Waals surface area contributed by atoms with Crippen molar-refractivity contribution in [2.24, 2.45) is 0 Å². The Morgan fingerprint density at radius 3 is 2.92 bits per heavy atom. The van der Waals surface area contributed by atoms with E-state index < -0.39 is 0 Å². The molecule has 0 radical (unpaired) electrons. The number of hydrogen-bond acceptors (Lipinski definition) is 3. The first-order valence-corrected chi connectivity index (χ1v) is 4.55. The van der Waals surface area contributed by atoms with Gasteiger partial charge in [0.2, 0.25) is 0 Å². The van der Waals surface area contributed by atoms with Gasteiger partial charge >= 0.3 is 0 Å². The van der Waals surface area contributed by atoms with Gasteiger partial charge in [-0.25, -0.2) is 0 Å². The van der Waals surface area contributed by atoms with E-state index in [4.69, 9.17) is 9.47 Å². The van der Waals surface area contributed by atoms with E-state index in [1.165, 1.54) is 0 Å². The van der Waals surface area contributed by atoms with Gasteiger partial charge in [-0.05, 0) is 15.9 Å². The molecule has 0 unspecified atom stereocenters. The number of rotatable bonds is 2. The summed E-state index contributed by atoms with van der Waals surface area (Å²) < 4.78 is 13.3. The monoisotopic (exact) mass is 232 g/mol. The zero-order chi connectivity index (χ0) is 8.39. The molecule has 2 heterocycles. The fraction of sp³-hybridized carbons (Fsp3) is 0.571. The Morgan fingerprint density at radius 2 is 2.33 bits per heavy atom. The van der Waals surface area contributed by atoms with Gasteiger partial charge < -0.3 is 9.47 Å². The summed E-state index contributed by atoms with van der Waals surface area (Å²) in [5.74, 6) is 0. The Balaban J connectivity index is 1.94. The summed E-state index contributed by atoms with van der Waals surface area (Å²) in [6, 6.07) is 0. The molecule has 2 rings (SSSR count). The predicted octanol–water partition coefficient (Wildman–Crippen LogP) is 1.02. The van der Waals surface area contributed by atoms with E-state index in [1.807, 2.05) is 6.20 Å². The van der Waals surface area contributed by atoms with Crippen LogP contribution in [0.3, 0.4) is 0 Å². The molecular weight excluding hydrogens is 224 g/mol. The van der Waals surface area contributed by atoms with E-state index in [0.29, 0.717) is 19.8 Å². The molecule has 0 aromatic carbocycles. The van der Waals surface area contributed by atoms with Crippen molar-refractivity contribution in [1.29, 1.82) is 0 Å². The lowest BCUT2D eigenvalue weighted by Crippen LogP contribution is -2.16. The van der Waals surface area contributed by atoms with Crippen molar-refractivity contribution >= 4 is 15.9 Å². The van der Waals surface area contributed by atoms with Crippen molar-refractivity contribution in [1.82, 2.24) is 9.78 Å². The van der Waals surface area contributed by atoms with Crippen LogP contribution in [0.2, 0.25) is 0 Å². The van der Waals surface area contributed by atoms with Gasteiger partial charge in [0.15, 0.2) is 6.29 Å². The smallest absolute Gasteiger partial charge is 0.177 e. The highest BCUT2D eigenvalue weighted by Crippen LogP contribution is 2.10. The van der Waals surface area contributed by atoms with Crippen LogP contribution in [-0.4, -0.2) is 29.3 Å². The van der Waals surface area contributed by atoms with Gasteiger partial charge in [0.25, 0.3) is 0 Å². The highest BCUT2D eigenvalue weighted by Gasteiger charge is 2.16. The van der Waals surface area contributed by atoms with E-state index in [1.54, 1.807) is 10.9 Å². The lowest BCUT2D eigenvalue weighted by Gasteiger charge is -2.07. The lowest BCUT2D eigenvalue weighted by molar-refractivity contribution is -0.0545. The average Bonchev–Trinajstić information content (AvgIpc) is 2.63. The highest BCUT2D eigenvalue weighted by atomic mass is 79.9. The number of aromatic nitrogens is 2. The topological polar surface area (TPSA) is 36.3 Å². The quantitative estimate of drug-likeness (QED) is 0.765. The minimum Gasteiger partial charge on any atom is -0.348 e. The normalized spacial score (nSPS) is 18.8. The summed E-state index contributed by atoms with van der Waals surface area (Å²) in [7, 11) is 0. The molecule has 12 heavy (non-hydrogen) atoms.